The van der Waals surface area contributed by atoms with Crippen LogP contribution < -0.4 is 5.32 Å². The molecule has 0 unspecified atom stereocenters. The molecule has 1 amide bonds. The molecule has 3 rings (SSSR count). The summed E-state index contributed by atoms with van der Waals surface area (Å²) in [5.41, 5.74) is 2.44. The lowest BCUT2D eigenvalue weighted by atomic mass is 9.98. The van der Waals surface area contributed by atoms with Gasteiger partial charge in [0.2, 0.25) is 5.91 Å². The fourth-order valence-corrected chi connectivity index (χ4v) is 4.16. The van der Waals surface area contributed by atoms with Gasteiger partial charge in [0.25, 0.3) is 0 Å². The number of carbonyl (C=O) groups is 1. The lowest BCUT2D eigenvalue weighted by Crippen LogP contribution is -2.28. The van der Waals surface area contributed by atoms with Crippen LogP contribution in [0.25, 0.3) is 10.9 Å². The molecule has 1 aromatic heterocycles. The van der Waals surface area contributed by atoms with Crippen molar-refractivity contribution < 1.29 is 4.79 Å². The summed E-state index contributed by atoms with van der Waals surface area (Å²) < 4.78 is 0. The van der Waals surface area contributed by atoms with Crippen molar-refractivity contribution in [3.05, 3.63) is 36.0 Å². The smallest absolute Gasteiger partial charge is 0.220 e. The molecule has 4 heteroatoms. The van der Waals surface area contributed by atoms with Crippen molar-refractivity contribution in [2.45, 2.75) is 25.7 Å². The molecule has 0 saturated carbocycles. The number of fused-ring (bicyclic) bond motifs is 1. The third-order valence-electron chi connectivity index (χ3n) is 4.21. The minimum absolute atomic E-state index is 0.215. The van der Waals surface area contributed by atoms with Gasteiger partial charge in [-0.05, 0) is 48.3 Å². The maximum absolute atomic E-state index is 12.0. The van der Waals surface area contributed by atoms with Crippen LogP contribution in [0, 0.1) is 5.92 Å². The van der Waals surface area contributed by atoms with E-state index in [4.69, 9.17) is 0 Å². The Labute approximate surface area is 129 Å². The van der Waals surface area contributed by atoms with E-state index in [9.17, 15) is 4.79 Å². The minimum atomic E-state index is 0.215. The van der Waals surface area contributed by atoms with Gasteiger partial charge in [0.05, 0.1) is 0 Å². The number of thioether (sulfide) groups is 1. The van der Waals surface area contributed by atoms with Crippen molar-refractivity contribution in [1.29, 1.82) is 0 Å². The van der Waals surface area contributed by atoms with E-state index in [0.717, 1.165) is 13.0 Å². The fraction of sp³-hybridized carbons (Fsp3) is 0.471. The monoisotopic (exact) mass is 302 g/mol. The molecule has 2 N–H and O–H groups in total. The molecule has 2 aromatic rings. The van der Waals surface area contributed by atoms with Gasteiger partial charge < -0.3 is 10.3 Å². The highest BCUT2D eigenvalue weighted by Crippen LogP contribution is 2.25. The quantitative estimate of drug-likeness (QED) is 0.889. The first-order valence-electron chi connectivity index (χ1n) is 7.72. The van der Waals surface area contributed by atoms with Crippen molar-refractivity contribution in [2.24, 2.45) is 5.92 Å². The van der Waals surface area contributed by atoms with Crippen LogP contribution in [-0.2, 0) is 11.2 Å². The zero-order valence-electron chi connectivity index (χ0n) is 12.2. The zero-order valence-corrected chi connectivity index (χ0v) is 13.0. The second-order valence-corrected chi connectivity index (χ2v) is 6.94. The van der Waals surface area contributed by atoms with E-state index in [1.807, 2.05) is 17.8 Å². The topological polar surface area (TPSA) is 44.9 Å². The highest BCUT2D eigenvalue weighted by atomic mass is 32.2. The number of hydrogen-bond donors (Lipinski definition) is 2. The van der Waals surface area contributed by atoms with Crippen LogP contribution >= 0.6 is 11.8 Å². The van der Waals surface area contributed by atoms with Gasteiger partial charge >= 0.3 is 0 Å². The number of aromatic nitrogens is 1. The fourth-order valence-electron chi connectivity index (χ4n) is 2.96. The van der Waals surface area contributed by atoms with Gasteiger partial charge in [-0.15, -0.1) is 0 Å². The van der Waals surface area contributed by atoms with Gasteiger partial charge in [-0.1, -0.05) is 18.2 Å². The molecule has 1 aliphatic rings. The number of rotatable bonds is 5. The maximum Gasteiger partial charge on any atom is 0.220 e. The van der Waals surface area contributed by atoms with Crippen molar-refractivity contribution >= 4 is 28.6 Å². The number of amides is 1. The molecule has 3 nitrogen and oxygen atoms in total. The van der Waals surface area contributed by atoms with Crippen molar-refractivity contribution in [3.63, 3.8) is 0 Å². The van der Waals surface area contributed by atoms with Crippen LogP contribution in [-0.4, -0.2) is 28.9 Å². The molecular formula is C17H22N2OS. The summed E-state index contributed by atoms with van der Waals surface area (Å²) in [6.45, 7) is 0.724. The minimum Gasteiger partial charge on any atom is -0.361 e. The van der Waals surface area contributed by atoms with E-state index in [1.165, 1.54) is 40.8 Å². The average molecular weight is 302 g/mol. The normalized spacial score (nSPS) is 16.2. The molecule has 0 spiro atoms. The first-order chi connectivity index (χ1) is 10.3. The third-order valence-corrected chi connectivity index (χ3v) is 5.26. The lowest BCUT2D eigenvalue weighted by Gasteiger charge is -2.20. The molecule has 1 aliphatic heterocycles. The van der Waals surface area contributed by atoms with Gasteiger partial charge in [-0.3, -0.25) is 4.79 Å². The Morgan fingerprint density at radius 2 is 2.10 bits per heavy atom. The van der Waals surface area contributed by atoms with Crippen molar-refractivity contribution in [2.75, 3.05) is 18.1 Å². The second kappa shape index (κ2) is 7.03. The molecule has 1 saturated heterocycles. The Balaban J connectivity index is 1.46. The highest BCUT2D eigenvalue weighted by Gasteiger charge is 2.17. The summed E-state index contributed by atoms with van der Waals surface area (Å²) >= 11 is 2.01. The first kappa shape index (κ1) is 14.5. The molecule has 21 heavy (non-hydrogen) atoms. The Bertz CT molecular complexity index is 602. The molecule has 0 atom stereocenters. The van der Waals surface area contributed by atoms with Gasteiger partial charge in [-0.25, -0.2) is 0 Å². The van der Waals surface area contributed by atoms with E-state index in [0.29, 0.717) is 12.3 Å². The van der Waals surface area contributed by atoms with Crippen LogP contribution in [0.4, 0.5) is 0 Å². The van der Waals surface area contributed by atoms with E-state index in [-0.39, 0.29) is 5.91 Å². The van der Waals surface area contributed by atoms with Crippen LogP contribution in [0.15, 0.2) is 30.5 Å². The number of hydrogen-bond acceptors (Lipinski definition) is 2. The summed E-state index contributed by atoms with van der Waals surface area (Å²) in [6.07, 6.45) is 6.03. The molecule has 0 radical (unpaired) electrons. The third kappa shape index (κ3) is 3.82. The summed E-state index contributed by atoms with van der Waals surface area (Å²) in [4.78, 5) is 15.3. The van der Waals surface area contributed by atoms with E-state index in [1.54, 1.807) is 0 Å². The van der Waals surface area contributed by atoms with Gasteiger partial charge in [0.15, 0.2) is 0 Å². The molecule has 1 fully saturated rings. The predicted octanol–water partition coefficient (Wildman–Crippen LogP) is 3.36. The molecule has 112 valence electrons. The summed E-state index contributed by atoms with van der Waals surface area (Å²) in [7, 11) is 0. The lowest BCUT2D eigenvalue weighted by molar-refractivity contribution is -0.122. The van der Waals surface area contributed by atoms with E-state index < -0.39 is 0 Å². The molecule has 0 bridgehead atoms. The number of nitrogens with one attached hydrogen (secondary N) is 2. The van der Waals surface area contributed by atoms with Crippen molar-refractivity contribution in [3.8, 4) is 0 Å². The zero-order chi connectivity index (χ0) is 14.5. The van der Waals surface area contributed by atoms with E-state index >= 15 is 0 Å². The Kier molecular flexibility index (Phi) is 4.86. The maximum atomic E-state index is 12.0. The van der Waals surface area contributed by atoms with Crippen LogP contribution in [0.3, 0.4) is 0 Å². The van der Waals surface area contributed by atoms with Crippen LogP contribution in [0.5, 0.6) is 0 Å². The van der Waals surface area contributed by atoms with Gasteiger partial charge in [0.1, 0.15) is 0 Å². The molecule has 1 aromatic carbocycles. The van der Waals surface area contributed by atoms with Gasteiger partial charge in [0, 0.05) is 30.1 Å². The van der Waals surface area contributed by atoms with Crippen molar-refractivity contribution in [1.82, 2.24) is 10.3 Å². The number of aromatic amines is 1. The largest absolute Gasteiger partial charge is 0.361 e. The van der Waals surface area contributed by atoms with Gasteiger partial charge in [-0.2, -0.15) is 11.8 Å². The molecule has 0 aliphatic carbocycles. The molecule has 2 heterocycles. The Morgan fingerprint density at radius 1 is 1.29 bits per heavy atom. The number of para-hydroxylation sites is 1. The standard InChI is InChI=1S/C17H22N2OS/c20-17(11-13-6-9-21-10-7-13)18-8-5-14-12-19-16-4-2-1-3-15(14)16/h1-4,12-13,19H,5-11H2,(H,18,20). The second-order valence-electron chi connectivity index (χ2n) is 5.72. The van der Waals surface area contributed by atoms with Crippen LogP contribution in [0.1, 0.15) is 24.8 Å². The number of H-pyrrole nitrogens is 1. The first-order valence-corrected chi connectivity index (χ1v) is 8.88. The Morgan fingerprint density at radius 3 is 2.95 bits per heavy atom. The van der Waals surface area contributed by atoms with E-state index in [2.05, 4.69) is 34.7 Å². The summed E-state index contributed by atoms with van der Waals surface area (Å²) in [5.74, 6) is 3.24. The number of carbonyl (C=O) groups excluding carboxylic acids is 1. The SMILES string of the molecule is O=C(CC1CCSCC1)NCCc1c[nH]c2ccccc12. The van der Waals surface area contributed by atoms with Crippen LogP contribution in [0.2, 0.25) is 0 Å². The summed E-state index contributed by atoms with van der Waals surface area (Å²) in [6, 6.07) is 8.30. The highest BCUT2D eigenvalue weighted by molar-refractivity contribution is 7.99. The number of benzene rings is 1. The molecular weight excluding hydrogens is 280 g/mol. The average Bonchev–Trinajstić information content (AvgIpc) is 2.92. The summed E-state index contributed by atoms with van der Waals surface area (Å²) in [5, 5.41) is 4.33. The Hall–Kier alpha value is -1.42. The predicted molar refractivity (Wildman–Crippen MR) is 89.7 cm³/mol.